The number of carbonyl (C=O) groups is 1. The highest BCUT2D eigenvalue weighted by Crippen LogP contribution is 2.06. The maximum Gasteiger partial charge on any atom is 0.407 e. The number of methoxy groups -OCH3 is 1. The van der Waals surface area contributed by atoms with Crippen LogP contribution in [-0.2, 0) is 9.47 Å². The van der Waals surface area contributed by atoms with Crippen LogP contribution in [0.4, 0.5) is 4.79 Å². The second-order valence-corrected chi connectivity index (χ2v) is 6.26. The molecule has 0 aliphatic carbocycles. The number of hydrogen-bond donors (Lipinski definition) is 3. The molecule has 0 heterocycles. The molecule has 0 bridgehead atoms. The first kappa shape index (κ1) is 25.5. The fourth-order valence-corrected chi connectivity index (χ4v) is 1.78. The van der Waals surface area contributed by atoms with Gasteiger partial charge in [-0.25, -0.2) is 4.79 Å². The average molecular weight is 458 g/mol. The van der Waals surface area contributed by atoms with E-state index >= 15 is 0 Å². The SMILES string of the molecule is CN=C(NCCCCCOC)NCCCNC(=O)OC(C)(C)C.I. The van der Waals surface area contributed by atoms with Gasteiger partial charge in [-0.15, -0.1) is 24.0 Å². The third-order valence-corrected chi connectivity index (χ3v) is 2.86. The Labute approximate surface area is 163 Å². The van der Waals surface area contributed by atoms with E-state index in [-0.39, 0.29) is 30.1 Å². The molecular formula is C16H35IN4O3. The van der Waals surface area contributed by atoms with Crippen molar-refractivity contribution in [3.8, 4) is 0 Å². The molecule has 0 radical (unpaired) electrons. The normalized spacial score (nSPS) is 11.5. The minimum absolute atomic E-state index is 0. The number of nitrogens with one attached hydrogen (secondary N) is 3. The van der Waals surface area contributed by atoms with Crippen LogP contribution >= 0.6 is 24.0 Å². The van der Waals surface area contributed by atoms with Gasteiger partial charge in [0.15, 0.2) is 5.96 Å². The van der Waals surface area contributed by atoms with Crippen LogP contribution in [0.15, 0.2) is 4.99 Å². The summed E-state index contributed by atoms with van der Waals surface area (Å²) in [5.41, 5.74) is -0.461. The molecule has 7 nitrogen and oxygen atoms in total. The van der Waals surface area contributed by atoms with Gasteiger partial charge in [-0.05, 0) is 46.5 Å². The number of rotatable bonds is 10. The predicted molar refractivity (Wildman–Crippen MR) is 109 cm³/mol. The van der Waals surface area contributed by atoms with E-state index < -0.39 is 5.60 Å². The molecule has 0 aliphatic heterocycles. The molecule has 0 unspecified atom stereocenters. The largest absolute Gasteiger partial charge is 0.444 e. The smallest absolute Gasteiger partial charge is 0.407 e. The number of halogens is 1. The van der Waals surface area contributed by atoms with E-state index in [4.69, 9.17) is 9.47 Å². The van der Waals surface area contributed by atoms with Gasteiger partial charge in [0.25, 0.3) is 0 Å². The second kappa shape index (κ2) is 15.7. The number of ether oxygens (including phenoxy) is 2. The third-order valence-electron chi connectivity index (χ3n) is 2.86. The van der Waals surface area contributed by atoms with Gasteiger partial charge in [0.05, 0.1) is 0 Å². The molecule has 0 saturated heterocycles. The van der Waals surface area contributed by atoms with Crippen LogP contribution < -0.4 is 16.0 Å². The molecule has 0 fully saturated rings. The Kier molecular flexibility index (Phi) is 16.7. The molecule has 0 aromatic rings. The minimum Gasteiger partial charge on any atom is -0.444 e. The molecule has 24 heavy (non-hydrogen) atoms. The Balaban J connectivity index is 0. The molecule has 0 rings (SSSR count). The summed E-state index contributed by atoms with van der Waals surface area (Å²) in [5.74, 6) is 0.786. The number of nitrogens with zero attached hydrogens (tertiary/aromatic N) is 1. The lowest BCUT2D eigenvalue weighted by atomic mass is 10.2. The topological polar surface area (TPSA) is 84.0 Å². The first-order chi connectivity index (χ1) is 10.9. The second-order valence-electron chi connectivity index (χ2n) is 6.26. The van der Waals surface area contributed by atoms with E-state index in [0.29, 0.717) is 6.54 Å². The monoisotopic (exact) mass is 458 g/mol. The summed E-state index contributed by atoms with van der Waals surface area (Å²) in [7, 11) is 3.47. The van der Waals surface area contributed by atoms with Crippen molar-refractivity contribution in [2.45, 2.75) is 52.1 Å². The van der Waals surface area contributed by atoms with Crippen LogP contribution in [0.5, 0.6) is 0 Å². The lowest BCUT2D eigenvalue weighted by molar-refractivity contribution is 0.0527. The van der Waals surface area contributed by atoms with Gasteiger partial charge in [-0.2, -0.15) is 0 Å². The van der Waals surface area contributed by atoms with Crippen LogP contribution in [0.3, 0.4) is 0 Å². The summed E-state index contributed by atoms with van der Waals surface area (Å²) >= 11 is 0. The number of aliphatic imine (C=N–C) groups is 1. The zero-order valence-electron chi connectivity index (χ0n) is 15.7. The van der Waals surface area contributed by atoms with Gasteiger partial charge >= 0.3 is 6.09 Å². The van der Waals surface area contributed by atoms with E-state index in [9.17, 15) is 4.79 Å². The molecular weight excluding hydrogens is 423 g/mol. The van der Waals surface area contributed by atoms with Crippen LogP contribution in [0.2, 0.25) is 0 Å². The van der Waals surface area contributed by atoms with Gasteiger partial charge in [-0.1, -0.05) is 0 Å². The summed E-state index contributed by atoms with van der Waals surface area (Å²) in [6.45, 7) is 8.55. The summed E-state index contributed by atoms with van der Waals surface area (Å²) in [6, 6.07) is 0. The van der Waals surface area contributed by atoms with Crippen molar-refractivity contribution >= 4 is 36.0 Å². The van der Waals surface area contributed by atoms with Gasteiger partial charge in [0.2, 0.25) is 0 Å². The van der Waals surface area contributed by atoms with Crippen molar-refractivity contribution in [2.24, 2.45) is 4.99 Å². The molecule has 144 valence electrons. The predicted octanol–water partition coefficient (Wildman–Crippen LogP) is 2.50. The van der Waals surface area contributed by atoms with E-state index in [1.807, 2.05) is 20.8 Å². The van der Waals surface area contributed by atoms with Crippen LogP contribution in [0.1, 0.15) is 46.5 Å². The molecule has 8 heteroatoms. The minimum atomic E-state index is -0.461. The summed E-state index contributed by atoms with van der Waals surface area (Å²) in [5, 5.41) is 9.21. The van der Waals surface area contributed by atoms with E-state index in [1.54, 1.807) is 14.2 Å². The van der Waals surface area contributed by atoms with E-state index in [2.05, 4.69) is 20.9 Å². The Hall–Kier alpha value is -0.770. The lowest BCUT2D eigenvalue weighted by Gasteiger charge is -2.19. The maximum absolute atomic E-state index is 11.5. The molecule has 0 atom stereocenters. The zero-order chi connectivity index (χ0) is 17.6. The van der Waals surface area contributed by atoms with Crippen molar-refractivity contribution in [3.63, 3.8) is 0 Å². The Morgan fingerprint density at radius 1 is 0.958 bits per heavy atom. The standard InChI is InChI=1S/C16H34N4O3.HI/c1-16(2,3)23-15(21)20-12-9-11-19-14(17-4)18-10-7-6-8-13-22-5;/h6-13H2,1-5H3,(H,20,21)(H2,17,18,19);1H. The average Bonchev–Trinajstić information content (AvgIpc) is 2.46. The van der Waals surface area contributed by atoms with Gasteiger partial charge in [0, 0.05) is 40.4 Å². The Morgan fingerprint density at radius 2 is 1.54 bits per heavy atom. The first-order valence-corrected chi connectivity index (χ1v) is 8.29. The molecule has 0 aromatic carbocycles. The first-order valence-electron chi connectivity index (χ1n) is 8.29. The highest BCUT2D eigenvalue weighted by molar-refractivity contribution is 14.0. The van der Waals surface area contributed by atoms with Gasteiger partial charge in [-0.3, -0.25) is 4.99 Å². The summed E-state index contributed by atoms with van der Waals surface area (Å²) < 4.78 is 10.2. The molecule has 0 spiro atoms. The van der Waals surface area contributed by atoms with Gasteiger partial charge < -0.3 is 25.4 Å². The number of alkyl carbamates (subject to hydrolysis) is 1. The zero-order valence-corrected chi connectivity index (χ0v) is 18.1. The van der Waals surface area contributed by atoms with Crippen LogP contribution in [0.25, 0.3) is 0 Å². The quantitative estimate of drug-likeness (QED) is 0.203. The van der Waals surface area contributed by atoms with Crippen LogP contribution in [0, 0.1) is 0 Å². The van der Waals surface area contributed by atoms with Crippen molar-refractivity contribution < 1.29 is 14.3 Å². The maximum atomic E-state index is 11.5. The molecule has 0 aliphatic rings. The van der Waals surface area contributed by atoms with Crippen molar-refractivity contribution in [1.29, 1.82) is 0 Å². The highest BCUT2D eigenvalue weighted by Gasteiger charge is 2.15. The molecule has 0 saturated carbocycles. The van der Waals surface area contributed by atoms with Crippen molar-refractivity contribution in [3.05, 3.63) is 0 Å². The van der Waals surface area contributed by atoms with Gasteiger partial charge in [0.1, 0.15) is 5.60 Å². The fraction of sp³-hybridized carbons (Fsp3) is 0.875. The highest BCUT2D eigenvalue weighted by atomic mass is 127. The Bertz CT molecular complexity index is 347. The molecule has 0 aromatic heterocycles. The number of amides is 1. The Morgan fingerprint density at radius 3 is 2.08 bits per heavy atom. The number of guanidine groups is 1. The summed E-state index contributed by atoms with van der Waals surface area (Å²) in [6.07, 6.45) is 3.73. The number of unbranched alkanes of at least 4 members (excludes halogenated alkanes) is 2. The third kappa shape index (κ3) is 17.6. The van der Waals surface area contributed by atoms with Crippen molar-refractivity contribution in [2.75, 3.05) is 40.4 Å². The lowest BCUT2D eigenvalue weighted by Crippen LogP contribution is -2.39. The number of hydrogen-bond acceptors (Lipinski definition) is 4. The van der Waals surface area contributed by atoms with E-state index in [1.165, 1.54) is 0 Å². The molecule has 1 amide bonds. The van der Waals surface area contributed by atoms with Crippen LogP contribution in [-0.4, -0.2) is 58.1 Å². The van der Waals surface area contributed by atoms with E-state index in [0.717, 1.165) is 51.3 Å². The number of carbonyl (C=O) groups excluding carboxylic acids is 1. The molecule has 3 N–H and O–H groups in total. The summed E-state index contributed by atoms with van der Waals surface area (Å²) in [4.78, 5) is 15.6. The van der Waals surface area contributed by atoms with Crippen molar-refractivity contribution in [1.82, 2.24) is 16.0 Å². The fourth-order valence-electron chi connectivity index (χ4n) is 1.78.